The molecule has 0 spiro atoms. The fourth-order valence-corrected chi connectivity index (χ4v) is 0.569. The van der Waals surface area contributed by atoms with Gasteiger partial charge in [0.15, 0.2) is 0 Å². The van der Waals surface area contributed by atoms with Crippen molar-refractivity contribution in [1.82, 2.24) is 5.32 Å². The molecule has 3 N–H and O–H groups in total. The van der Waals surface area contributed by atoms with Gasteiger partial charge in [-0.15, -0.1) is 0 Å². The van der Waals surface area contributed by atoms with Crippen molar-refractivity contribution in [2.45, 2.75) is 0 Å². The summed E-state index contributed by atoms with van der Waals surface area (Å²) in [5.41, 5.74) is 0. The van der Waals surface area contributed by atoms with Gasteiger partial charge in [0.05, 0.1) is 0 Å². The molecule has 0 heterocycles. The van der Waals surface area contributed by atoms with Crippen LogP contribution in [0.3, 0.4) is 0 Å². The summed E-state index contributed by atoms with van der Waals surface area (Å²) in [6.07, 6.45) is 4.93. The number of hydrogen-bond donors (Lipinski definition) is 3. The van der Waals surface area contributed by atoms with Crippen LogP contribution in [0.5, 0.6) is 0 Å². The molecule has 5 nitrogen and oxygen atoms in total. The molecule has 0 saturated heterocycles. The lowest BCUT2D eigenvalue weighted by molar-refractivity contribution is -0.132. The van der Waals surface area contributed by atoms with Crippen LogP contribution in [0.2, 0.25) is 0 Å². The standard InChI is InChI=1S/C8H11NO4/c10-7(11)3-1-5-9-6-2-4-8(12)13/h1-4,9H,5-6H2,(H,10,11)(H,12,13). The maximum Gasteiger partial charge on any atom is 0.328 e. The first-order chi connectivity index (χ1) is 6.13. The second-order valence-electron chi connectivity index (χ2n) is 2.14. The Hall–Kier alpha value is -1.62. The van der Waals surface area contributed by atoms with Gasteiger partial charge in [-0.1, -0.05) is 12.2 Å². The molecule has 0 aromatic carbocycles. The molecule has 0 amide bonds. The van der Waals surface area contributed by atoms with Gasteiger partial charge >= 0.3 is 11.9 Å². The van der Waals surface area contributed by atoms with E-state index in [0.29, 0.717) is 13.1 Å². The van der Waals surface area contributed by atoms with Gasteiger partial charge in [-0.2, -0.15) is 0 Å². The minimum atomic E-state index is -0.997. The van der Waals surface area contributed by atoms with Gasteiger partial charge in [0.25, 0.3) is 0 Å². The van der Waals surface area contributed by atoms with Crippen LogP contribution < -0.4 is 5.32 Å². The van der Waals surface area contributed by atoms with Crippen molar-refractivity contribution in [3.05, 3.63) is 24.3 Å². The molecule has 0 aliphatic rings. The van der Waals surface area contributed by atoms with Crippen LogP contribution in [0.1, 0.15) is 0 Å². The highest BCUT2D eigenvalue weighted by molar-refractivity contribution is 5.80. The maximum absolute atomic E-state index is 9.97. The third-order valence-electron chi connectivity index (χ3n) is 1.05. The average Bonchev–Trinajstić information content (AvgIpc) is 2.01. The monoisotopic (exact) mass is 185 g/mol. The van der Waals surface area contributed by atoms with Crippen molar-refractivity contribution in [2.75, 3.05) is 13.1 Å². The Kier molecular flexibility index (Phi) is 6.17. The Bertz CT molecular complexity index is 208. The van der Waals surface area contributed by atoms with E-state index in [2.05, 4.69) is 5.32 Å². The zero-order chi connectivity index (χ0) is 10.1. The summed E-state index contributed by atoms with van der Waals surface area (Å²) in [6, 6.07) is 0. The predicted octanol–water partition coefficient (Wildman–Crippen LogP) is -0.142. The summed E-state index contributed by atoms with van der Waals surface area (Å²) >= 11 is 0. The van der Waals surface area contributed by atoms with E-state index < -0.39 is 11.9 Å². The number of carbonyl (C=O) groups is 2. The minimum absolute atomic E-state index is 0.399. The molecule has 0 radical (unpaired) electrons. The van der Waals surface area contributed by atoms with Crippen LogP contribution in [0.15, 0.2) is 24.3 Å². The molecule has 0 aromatic heterocycles. The number of aliphatic carboxylic acids is 2. The van der Waals surface area contributed by atoms with Gasteiger partial charge < -0.3 is 15.5 Å². The number of carboxylic acid groups (broad SMARTS) is 2. The summed E-state index contributed by atoms with van der Waals surface area (Å²) < 4.78 is 0. The first-order valence-electron chi connectivity index (χ1n) is 3.62. The van der Waals surface area contributed by atoms with E-state index in [1.54, 1.807) is 0 Å². The zero-order valence-electron chi connectivity index (χ0n) is 6.93. The topological polar surface area (TPSA) is 86.6 Å². The Morgan fingerprint density at radius 1 is 1.00 bits per heavy atom. The first-order valence-corrected chi connectivity index (χ1v) is 3.62. The Morgan fingerprint density at radius 3 is 1.69 bits per heavy atom. The van der Waals surface area contributed by atoms with Crippen LogP contribution in [-0.2, 0) is 9.59 Å². The summed E-state index contributed by atoms with van der Waals surface area (Å²) in [6.45, 7) is 0.798. The minimum Gasteiger partial charge on any atom is -0.478 e. The summed E-state index contributed by atoms with van der Waals surface area (Å²) in [5, 5.41) is 19.2. The highest BCUT2D eigenvalue weighted by Crippen LogP contribution is 1.73. The first kappa shape index (κ1) is 11.4. The van der Waals surface area contributed by atoms with E-state index in [0.717, 1.165) is 12.2 Å². The number of hydrogen-bond acceptors (Lipinski definition) is 3. The normalized spacial score (nSPS) is 11.1. The Labute approximate surface area is 75.4 Å². The van der Waals surface area contributed by atoms with Crippen molar-refractivity contribution in [3.8, 4) is 0 Å². The van der Waals surface area contributed by atoms with Crippen LogP contribution in [0, 0.1) is 0 Å². The van der Waals surface area contributed by atoms with Gasteiger partial charge in [-0.25, -0.2) is 9.59 Å². The second-order valence-corrected chi connectivity index (χ2v) is 2.14. The van der Waals surface area contributed by atoms with Crippen LogP contribution >= 0.6 is 0 Å². The van der Waals surface area contributed by atoms with E-state index in [1.807, 2.05) is 0 Å². The third-order valence-corrected chi connectivity index (χ3v) is 1.05. The molecule has 72 valence electrons. The lowest BCUT2D eigenvalue weighted by atomic mass is 10.4. The smallest absolute Gasteiger partial charge is 0.328 e. The highest BCUT2D eigenvalue weighted by atomic mass is 16.4. The maximum atomic E-state index is 9.97. The molecule has 0 aliphatic heterocycles. The summed E-state index contributed by atoms with van der Waals surface area (Å²) in [4.78, 5) is 19.9. The lowest BCUT2D eigenvalue weighted by Crippen LogP contribution is -2.13. The average molecular weight is 185 g/mol. The number of carboxylic acids is 2. The van der Waals surface area contributed by atoms with Crippen molar-refractivity contribution >= 4 is 11.9 Å². The number of nitrogens with one attached hydrogen (secondary N) is 1. The Morgan fingerprint density at radius 2 is 1.38 bits per heavy atom. The van der Waals surface area contributed by atoms with Gasteiger partial charge in [0.2, 0.25) is 0 Å². The van der Waals surface area contributed by atoms with Crippen molar-refractivity contribution in [1.29, 1.82) is 0 Å². The zero-order valence-corrected chi connectivity index (χ0v) is 6.93. The van der Waals surface area contributed by atoms with Gasteiger partial charge in [0, 0.05) is 25.2 Å². The van der Waals surface area contributed by atoms with Gasteiger partial charge in [-0.3, -0.25) is 0 Å². The van der Waals surface area contributed by atoms with E-state index >= 15 is 0 Å². The highest BCUT2D eigenvalue weighted by Gasteiger charge is 1.85. The SMILES string of the molecule is O=C(O)C=CCNCC=CC(=O)O. The molecule has 0 fully saturated rings. The fourth-order valence-electron chi connectivity index (χ4n) is 0.569. The van der Waals surface area contributed by atoms with Crippen molar-refractivity contribution in [3.63, 3.8) is 0 Å². The largest absolute Gasteiger partial charge is 0.478 e. The quantitative estimate of drug-likeness (QED) is 0.396. The summed E-state index contributed by atoms with van der Waals surface area (Å²) in [5.74, 6) is -1.99. The van der Waals surface area contributed by atoms with E-state index in [1.165, 1.54) is 12.2 Å². The van der Waals surface area contributed by atoms with Crippen LogP contribution in [0.4, 0.5) is 0 Å². The molecule has 0 atom stereocenters. The molecular weight excluding hydrogens is 174 g/mol. The molecule has 0 saturated carbocycles. The third kappa shape index (κ3) is 10.4. The van der Waals surface area contributed by atoms with E-state index in [9.17, 15) is 9.59 Å². The van der Waals surface area contributed by atoms with E-state index in [-0.39, 0.29) is 0 Å². The number of rotatable bonds is 6. The molecule has 0 aliphatic carbocycles. The molecule has 0 rings (SSSR count). The van der Waals surface area contributed by atoms with Gasteiger partial charge in [0.1, 0.15) is 0 Å². The molecular formula is C8H11NO4. The fraction of sp³-hybridized carbons (Fsp3) is 0.250. The van der Waals surface area contributed by atoms with Gasteiger partial charge in [-0.05, 0) is 0 Å². The molecule has 0 aromatic rings. The molecule has 0 bridgehead atoms. The molecule has 5 heteroatoms. The van der Waals surface area contributed by atoms with Crippen LogP contribution in [0.25, 0.3) is 0 Å². The predicted molar refractivity (Wildman–Crippen MR) is 46.4 cm³/mol. The van der Waals surface area contributed by atoms with Crippen molar-refractivity contribution < 1.29 is 19.8 Å². The summed E-state index contributed by atoms with van der Waals surface area (Å²) in [7, 11) is 0. The molecule has 13 heavy (non-hydrogen) atoms. The molecule has 0 unspecified atom stereocenters. The van der Waals surface area contributed by atoms with Crippen molar-refractivity contribution in [2.24, 2.45) is 0 Å². The Balaban J connectivity index is 3.36. The van der Waals surface area contributed by atoms with Crippen LogP contribution in [-0.4, -0.2) is 35.2 Å². The lowest BCUT2D eigenvalue weighted by Gasteiger charge is -1.92. The van der Waals surface area contributed by atoms with E-state index in [4.69, 9.17) is 10.2 Å². The second kappa shape index (κ2) is 7.05.